The summed E-state index contributed by atoms with van der Waals surface area (Å²) in [7, 11) is 0. The van der Waals surface area contributed by atoms with Gasteiger partial charge in [-0.05, 0) is 63.6 Å². The van der Waals surface area contributed by atoms with E-state index in [9.17, 15) is 14.6 Å². The lowest BCUT2D eigenvalue weighted by atomic mass is 9.94. The molecule has 3 aromatic heterocycles. The van der Waals surface area contributed by atoms with Crippen LogP contribution in [0, 0.1) is 0 Å². The fraction of sp³-hybridized carbons (Fsp3) is 0.538. The molecule has 5 rings (SSSR count). The van der Waals surface area contributed by atoms with Gasteiger partial charge in [-0.2, -0.15) is 4.98 Å². The summed E-state index contributed by atoms with van der Waals surface area (Å²) >= 11 is 0. The van der Waals surface area contributed by atoms with Gasteiger partial charge in [-0.1, -0.05) is 0 Å². The summed E-state index contributed by atoms with van der Waals surface area (Å²) in [5, 5.41) is 25.6. The number of aliphatic hydroxyl groups excluding tert-OH is 1. The van der Waals surface area contributed by atoms with Crippen molar-refractivity contribution in [2.24, 2.45) is 0 Å². The Morgan fingerprint density at radius 3 is 2.61 bits per heavy atom. The maximum Gasteiger partial charge on any atom is 0.227 e. The van der Waals surface area contributed by atoms with E-state index in [4.69, 9.17) is 4.98 Å². The topological polar surface area (TPSA) is 111 Å². The zero-order chi connectivity index (χ0) is 25.7. The van der Waals surface area contributed by atoms with E-state index < -0.39 is 17.4 Å². The van der Waals surface area contributed by atoms with Gasteiger partial charge in [-0.25, -0.2) is 19.3 Å². The van der Waals surface area contributed by atoms with E-state index in [1.807, 2.05) is 18.5 Å². The van der Waals surface area contributed by atoms with Crippen molar-refractivity contribution in [2.75, 3.05) is 34.8 Å². The molecule has 36 heavy (non-hydrogen) atoms. The van der Waals surface area contributed by atoms with Crippen LogP contribution in [0.1, 0.15) is 46.1 Å². The molecule has 2 aliphatic heterocycles. The van der Waals surface area contributed by atoms with Gasteiger partial charge in [0.2, 0.25) is 5.95 Å². The zero-order valence-electron chi connectivity index (χ0n) is 21.2. The molecular weight excluding hydrogens is 461 g/mol. The van der Waals surface area contributed by atoms with E-state index in [0.29, 0.717) is 43.0 Å². The predicted molar refractivity (Wildman–Crippen MR) is 139 cm³/mol. The lowest BCUT2D eigenvalue weighted by molar-refractivity contribution is -0.00860. The van der Waals surface area contributed by atoms with Crippen molar-refractivity contribution in [1.82, 2.24) is 19.9 Å². The number of nitrogens with one attached hydrogen (secondary N) is 1. The molecule has 0 bridgehead atoms. The van der Waals surface area contributed by atoms with Gasteiger partial charge < -0.3 is 25.3 Å². The van der Waals surface area contributed by atoms with Crippen molar-refractivity contribution in [2.45, 2.75) is 70.4 Å². The fourth-order valence-corrected chi connectivity index (χ4v) is 4.92. The second-order valence-electron chi connectivity index (χ2n) is 10.9. The summed E-state index contributed by atoms with van der Waals surface area (Å²) < 4.78 is 14.7. The SMILES string of the molecule is C[C@@H]1CCN1c1ncc(CC(C)(C)O)c2cc(Nc3ccnc(N4CC[C@@H](O)[C@@](C)(F)C4)n3)ncc12. The quantitative estimate of drug-likeness (QED) is 0.474. The van der Waals surface area contributed by atoms with Crippen molar-refractivity contribution < 1.29 is 14.6 Å². The lowest BCUT2D eigenvalue weighted by Gasteiger charge is -2.40. The summed E-state index contributed by atoms with van der Waals surface area (Å²) in [5.74, 6) is 2.45. The molecule has 2 aliphatic rings. The Kier molecular flexibility index (Phi) is 6.20. The van der Waals surface area contributed by atoms with Gasteiger partial charge in [0.15, 0.2) is 5.67 Å². The number of aliphatic hydroxyl groups is 2. The van der Waals surface area contributed by atoms with Gasteiger partial charge in [0.05, 0.1) is 18.2 Å². The van der Waals surface area contributed by atoms with Crippen LogP contribution < -0.4 is 15.1 Å². The first kappa shape index (κ1) is 24.6. The molecule has 0 spiro atoms. The van der Waals surface area contributed by atoms with Gasteiger partial charge in [-0.3, -0.25) is 0 Å². The molecule has 10 heteroatoms. The van der Waals surface area contributed by atoms with Crippen LogP contribution >= 0.6 is 0 Å². The van der Waals surface area contributed by atoms with Crippen molar-refractivity contribution >= 4 is 34.2 Å². The Labute approximate surface area is 210 Å². The first-order chi connectivity index (χ1) is 17.0. The highest BCUT2D eigenvalue weighted by Crippen LogP contribution is 2.35. The maximum absolute atomic E-state index is 14.7. The number of fused-ring (bicyclic) bond motifs is 1. The number of alkyl halides is 1. The number of anilines is 4. The van der Waals surface area contributed by atoms with Crippen LogP contribution in [0.3, 0.4) is 0 Å². The van der Waals surface area contributed by atoms with E-state index in [1.54, 1.807) is 31.0 Å². The highest BCUT2D eigenvalue weighted by Gasteiger charge is 2.39. The highest BCUT2D eigenvalue weighted by atomic mass is 19.1. The predicted octanol–water partition coefficient (Wildman–Crippen LogP) is 3.37. The Bertz CT molecular complexity index is 1260. The first-order valence-electron chi connectivity index (χ1n) is 12.5. The van der Waals surface area contributed by atoms with E-state index in [-0.39, 0.29) is 6.54 Å². The van der Waals surface area contributed by atoms with E-state index >= 15 is 0 Å². The molecule has 0 amide bonds. The summed E-state index contributed by atoms with van der Waals surface area (Å²) in [6, 6.07) is 4.13. The number of pyridine rings is 2. The summed E-state index contributed by atoms with van der Waals surface area (Å²) in [6.45, 7) is 8.63. The van der Waals surface area contributed by atoms with Gasteiger partial charge in [0, 0.05) is 49.5 Å². The molecule has 9 nitrogen and oxygen atoms in total. The second-order valence-corrected chi connectivity index (χ2v) is 10.9. The Morgan fingerprint density at radius 2 is 1.94 bits per heavy atom. The molecule has 0 saturated carbocycles. The number of hydrogen-bond acceptors (Lipinski definition) is 9. The number of piperidine rings is 1. The van der Waals surface area contributed by atoms with Crippen LogP contribution in [0.15, 0.2) is 30.7 Å². The standard InChI is InChI=1S/C26H34FN7O2/c1-16-6-10-34(16)23-19-14-29-22(11-18(19)17(13-30-23)12-25(2,3)36)31-21-5-8-28-24(32-21)33-9-7-20(35)26(4,27)15-33/h5,8,11,13-14,16,20,35-36H,6-7,9-10,12,15H2,1-4H3,(H,28,29,31,32)/t16-,20-,26+/m1/s1. The van der Waals surface area contributed by atoms with Crippen molar-refractivity contribution in [3.8, 4) is 0 Å². The Hall–Kier alpha value is -3.11. The molecule has 0 unspecified atom stereocenters. The third kappa shape index (κ3) is 4.92. The van der Waals surface area contributed by atoms with Gasteiger partial charge >= 0.3 is 0 Å². The van der Waals surface area contributed by atoms with Crippen LogP contribution in [-0.2, 0) is 6.42 Å². The minimum absolute atomic E-state index is 0.0247. The van der Waals surface area contributed by atoms with Crippen molar-refractivity contribution in [3.63, 3.8) is 0 Å². The van der Waals surface area contributed by atoms with Crippen molar-refractivity contribution in [1.29, 1.82) is 0 Å². The maximum atomic E-state index is 14.7. The van der Waals surface area contributed by atoms with Crippen LogP contribution in [-0.4, -0.2) is 73.2 Å². The number of nitrogens with zero attached hydrogens (tertiary/aromatic N) is 6. The molecule has 192 valence electrons. The number of halogens is 1. The molecule has 5 heterocycles. The molecule has 0 aromatic carbocycles. The molecule has 0 aliphatic carbocycles. The molecule has 2 fully saturated rings. The van der Waals surface area contributed by atoms with Crippen LogP contribution in [0.4, 0.5) is 27.8 Å². The third-order valence-corrected chi connectivity index (χ3v) is 7.10. The van der Waals surface area contributed by atoms with E-state index in [0.717, 1.165) is 35.1 Å². The molecule has 3 N–H and O–H groups in total. The average Bonchev–Trinajstić information content (AvgIpc) is 2.80. The number of hydrogen-bond donors (Lipinski definition) is 3. The first-order valence-corrected chi connectivity index (χ1v) is 12.5. The van der Waals surface area contributed by atoms with Crippen LogP contribution in [0.2, 0.25) is 0 Å². The van der Waals surface area contributed by atoms with Crippen LogP contribution in [0.5, 0.6) is 0 Å². The Morgan fingerprint density at radius 1 is 1.14 bits per heavy atom. The smallest absolute Gasteiger partial charge is 0.227 e. The van der Waals surface area contributed by atoms with Crippen molar-refractivity contribution in [3.05, 3.63) is 36.3 Å². The molecule has 3 aromatic rings. The molecule has 3 atom stereocenters. The monoisotopic (exact) mass is 495 g/mol. The van der Waals surface area contributed by atoms with Crippen LogP contribution in [0.25, 0.3) is 10.8 Å². The summed E-state index contributed by atoms with van der Waals surface area (Å²) in [6.07, 6.45) is 6.21. The fourth-order valence-electron chi connectivity index (χ4n) is 4.92. The van der Waals surface area contributed by atoms with Gasteiger partial charge in [0.25, 0.3) is 0 Å². The van der Waals surface area contributed by atoms with E-state index in [2.05, 4.69) is 32.1 Å². The third-order valence-electron chi connectivity index (χ3n) is 7.10. The summed E-state index contributed by atoms with van der Waals surface area (Å²) in [4.78, 5) is 22.3. The largest absolute Gasteiger partial charge is 0.390 e. The normalized spacial score (nSPS) is 24.6. The number of rotatable bonds is 6. The number of aromatic nitrogens is 4. The van der Waals surface area contributed by atoms with Gasteiger partial charge in [-0.15, -0.1) is 0 Å². The molecular formula is C26H34FN7O2. The zero-order valence-corrected chi connectivity index (χ0v) is 21.2. The molecule has 0 radical (unpaired) electrons. The Balaban J connectivity index is 1.45. The average molecular weight is 496 g/mol. The second kappa shape index (κ2) is 9.08. The summed E-state index contributed by atoms with van der Waals surface area (Å²) in [5.41, 5.74) is -1.66. The van der Waals surface area contributed by atoms with Gasteiger partial charge in [0.1, 0.15) is 17.5 Å². The lowest BCUT2D eigenvalue weighted by Crippen LogP contribution is -2.52. The minimum Gasteiger partial charge on any atom is -0.390 e. The van der Waals surface area contributed by atoms with E-state index in [1.165, 1.54) is 6.92 Å². The molecule has 2 saturated heterocycles. The minimum atomic E-state index is -1.72. The highest BCUT2D eigenvalue weighted by molar-refractivity contribution is 5.95.